The van der Waals surface area contributed by atoms with E-state index in [1.807, 2.05) is 0 Å². The van der Waals surface area contributed by atoms with E-state index in [4.69, 9.17) is 11.6 Å². The van der Waals surface area contributed by atoms with Crippen LogP contribution in [0.5, 0.6) is 0 Å². The normalized spacial score (nSPS) is 12.1. The molecule has 2 aromatic carbocycles. The lowest BCUT2D eigenvalue weighted by Crippen LogP contribution is -2.19. The highest BCUT2D eigenvalue weighted by Crippen LogP contribution is 2.21. The van der Waals surface area contributed by atoms with Gasteiger partial charge in [0.05, 0.1) is 5.92 Å². The third-order valence-electron chi connectivity index (χ3n) is 3.22. The summed E-state index contributed by atoms with van der Waals surface area (Å²) in [5.41, 5.74) is 0.947. The molecule has 0 fully saturated rings. The lowest BCUT2D eigenvalue weighted by molar-refractivity contribution is -0.141. The van der Waals surface area contributed by atoms with Crippen LogP contribution in [-0.4, -0.2) is 11.1 Å². The maximum atomic E-state index is 13.7. The Kier molecular flexibility index (Phi) is 4.91. The summed E-state index contributed by atoms with van der Waals surface area (Å²) in [6.45, 7) is 0. The van der Waals surface area contributed by atoms with E-state index in [1.165, 1.54) is 42.5 Å². The van der Waals surface area contributed by atoms with Crippen LogP contribution in [0.2, 0.25) is 5.02 Å². The molecule has 0 aromatic heterocycles. The van der Waals surface area contributed by atoms with Gasteiger partial charge in [-0.05, 0) is 54.3 Å². The van der Waals surface area contributed by atoms with Gasteiger partial charge in [0, 0.05) is 5.02 Å². The van der Waals surface area contributed by atoms with Crippen molar-refractivity contribution in [2.24, 2.45) is 5.92 Å². The molecule has 0 saturated carbocycles. The number of rotatable bonds is 5. The highest BCUT2D eigenvalue weighted by molar-refractivity contribution is 6.30. The van der Waals surface area contributed by atoms with E-state index in [0.29, 0.717) is 10.6 Å². The number of carboxylic acids is 1. The van der Waals surface area contributed by atoms with Crippen LogP contribution >= 0.6 is 11.6 Å². The van der Waals surface area contributed by atoms with Crippen LogP contribution in [0.15, 0.2) is 42.5 Å². The largest absolute Gasteiger partial charge is 0.481 e. The minimum absolute atomic E-state index is 0.0269. The molecule has 0 spiro atoms. The van der Waals surface area contributed by atoms with Gasteiger partial charge in [-0.1, -0.05) is 23.7 Å². The van der Waals surface area contributed by atoms with Crippen LogP contribution in [0.1, 0.15) is 11.1 Å². The van der Waals surface area contributed by atoms with Crippen molar-refractivity contribution in [1.29, 1.82) is 0 Å². The van der Waals surface area contributed by atoms with E-state index < -0.39 is 17.7 Å². The molecule has 5 heteroatoms. The molecule has 0 aliphatic heterocycles. The Bertz CT molecular complexity index is 641. The van der Waals surface area contributed by atoms with Crippen LogP contribution in [0.3, 0.4) is 0 Å². The molecule has 2 aromatic rings. The highest BCUT2D eigenvalue weighted by atomic mass is 35.5. The van der Waals surface area contributed by atoms with Gasteiger partial charge in [0.25, 0.3) is 0 Å². The van der Waals surface area contributed by atoms with Crippen molar-refractivity contribution in [3.8, 4) is 0 Å². The van der Waals surface area contributed by atoms with Crippen LogP contribution < -0.4 is 0 Å². The van der Waals surface area contributed by atoms with E-state index in [-0.39, 0.29) is 24.2 Å². The van der Waals surface area contributed by atoms with Gasteiger partial charge in [-0.3, -0.25) is 4.79 Å². The van der Waals surface area contributed by atoms with Gasteiger partial charge >= 0.3 is 5.97 Å². The summed E-state index contributed by atoms with van der Waals surface area (Å²) < 4.78 is 26.5. The number of carboxylic acid groups (broad SMARTS) is 1. The number of hydrogen-bond donors (Lipinski definition) is 1. The Balaban J connectivity index is 2.17. The highest BCUT2D eigenvalue weighted by Gasteiger charge is 2.20. The molecule has 0 aliphatic rings. The van der Waals surface area contributed by atoms with Gasteiger partial charge in [-0.25, -0.2) is 8.78 Å². The van der Waals surface area contributed by atoms with E-state index in [1.54, 1.807) is 0 Å². The van der Waals surface area contributed by atoms with Gasteiger partial charge in [0.2, 0.25) is 0 Å². The van der Waals surface area contributed by atoms with Crippen LogP contribution in [0.4, 0.5) is 8.78 Å². The molecule has 2 nitrogen and oxygen atoms in total. The number of aliphatic carboxylic acids is 1. The first-order valence-electron chi connectivity index (χ1n) is 6.37. The predicted molar refractivity (Wildman–Crippen MR) is 76.3 cm³/mol. The number of halogens is 3. The first-order chi connectivity index (χ1) is 9.95. The minimum Gasteiger partial charge on any atom is -0.481 e. The van der Waals surface area contributed by atoms with Gasteiger partial charge in [-0.2, -0.15) is 0 Å². The quantitative estimate of drug-likeness (QED) is 0.902. The standard InChI is InChI=1S/C16H13ClF2O2/c17-13-3-6-15(19)11(9-13)8-12(16(20)21)7-10-1-4-14(18)5-2-10/h1-6,9,12H,7-8H2,(H,20,21). The Morgan fingerprint density at radius 3 is 2.38 bits per heavy atom. The topological polar surface area (TPSA) is 37.3 Å². The maximum absolute atomic E-state index is 13.7. The molecular weight excluding hydrogens is 298 g/mol. The molecule has 0 heterocycles. The number of hydrogen-bond acceptors (Lipinski definition) is 1. The minimum atomic E-state index is -1.03. The monoisotopic (exact) mass is 310 g/mol. The third kappa shape index (κ3) is 4.26. The van der Waals surface area contributed by atoms with Crippen molar-refractivity contribution in [1.82, 2.24) is 0 Å². The molecule has 0 aliphatic carbocycles. The maximum Gasteiger partial charge on any atom is 0.307 e. The van der Waals surface area contributed by atoms with Gasteiger partial charge in [-0.15, -0.1) is 0 Å². The van der Waals surface area contributed by atoms with Gasteiger partial charge in [0.1, 0.15) is 11.6 Å². The Hall–Kier alpha value is -1.94. The van der Waals surface area contributed by atoms with Crippen molar-refractivity contribution in [3.05, 3.63) is 70.2 Å². The van der Waals surface area contributed by atoms with Crippen molar-refractivity contribution in [3.63, 3.8) is 0 Å². The summed E-state index contributed by atoms with van der Waals surface area (Å²) in [5.74, 6) is -2.70. The molecule has 1 atom stereocenters. The number of benzene rings is 2. The third-order valence-corrected chi connectivity index (χ3v) is 3.45. The zero-order chi connectivity index (χ0) is 15.4. The van der Waals surface area contributed by atoms with Gasteiger partial charge < -0.3 is 5.11 Å². The summed E-state index contributed by atoms with van der Waals surface area (Å²) in [5, 5.41) is 9.64. The van der Waals surface area contributed by atoms with E-state index in [0.717, 1.165) is 0 Å². The van der Waals surface area contributed by atoms with Gasteiger partial charge in [0.15, 0.2) is 0 Å². The first-order valence-corrected chi connectivity index (χ1v) is 6.74. The first kappa shape index (κ1) is 15.4. The van der Waals surface area contributed by atoms with Crippen molar-refractivity contribution in [2.45, 2.75) is 12.8 Å². The Morgan fingerprint density at radius 1 is 1.10 bits per heavy atom. The lowest BCUT2D eigenvalue weighted by Gasteiger charge is -2.13. The fourth-order valence-electron chi connectivity index (χ4n) is 2.12. The zero-order valence-corrected chi connectivity index (χ0v) is 11.8. The smallest absolute Gasteiger partial charge is 0.307 e. The average Bonchev–Trinajstić information content (AvgIpc) is 2.44. The molecule has 0 bridgehead atoms. The molecule has 0 radical (unpaired) electrons. The Morgan fingerprint density at radius 2 is 1.76 bits per heavy atom. The number of carbonyl (C=O) groups is 1. The summed E-state index contributed by atoms with van der Waals surface area (Å²) in [4.78, 5) is 11.3. The second-order valence-corrected chi connectivity index (χ2v) is 5.24. The average molecular weight is 311 g/mol. The van der Waals surface area contributed by atoms with E-state index in [2.05, 4.69) is 0 Å². The molecule has 1 N–H and O–H groups in total. The summed E-state index contributed by atoms with van der Waals surface area (Å²) >= 11 is 5.80. The predicted octanol–water partition coefficient (Wildman–Crippen LogP) is 4.10. The molecule has 0 saturated heterocycles. The van der Waals surface area contributed by atoms with Crippen molar-refractivity contribution < 1.29 is 18.7 Å². The van der Waals surface area contributed by atoms with Crippen LogP contribution in [-0.2, 0) is 17.6 Å². The Labute approximate surface area is 126 Å². The fourth-order valence-corrected chi connectivity index (χ4v) is 2.31. The lowest BCUT2D eigenvalue weighted by atomic mass is 9.92. The van der Waals surface area contributed by atoms with Crippen molar-refractivity contribution >= 4 is 17.6 Å². The van der Waals surface area contributed by atoms with Crippen LogP contribution in [0.25, 0.3) is 0 Å². The molecule has 1 unspecified atom stereocenters. The van der Waals surface area contributed by atoms with E-state index in [9.17, 15) is 18.7 Å². The van der Waals surface area contributed by atoms with Crippen LogP contribution in [0, 0.1) is 17.6 Å². The van der Waals surface area contributed by atoms with E-state index >= 15 is 0 Å². The second-order valence-electron chi connectivity index (χ2n) is 4.81. The molecular formula is C16H13ClF2O2. The van der Waals surface area contributed by atoms with Crippen molar-refractivity contribution in [2.75, 3.05) is 0 Å². The summed E-state index contributed by atoms with van der Waals surface area (Å²) in [6, 6.07) is 9.66. The fraction of sp³-hybridized carbons (Fsp3) is 0.188. The summed E-state index contributed by atoms with van der Waals surface area (Å²) in [6.07, 6.45) is 0.223. The second kappa shape index (κ2) is 6.68. The zero-order valence-electron chi connectivity index (χ0n) is 11.0. The SMILES string of the molecule is O=C(O)C(Cc1ccc(F)cc1)Cc1cc(Cl)ccc1F. The molecule has 110 valence electrons. The molecule has 0 amide bonds. The summed E-state index contributed by atoms with van der Waals surface area (Å²) in [7, 11) is 0. The molecule has 2 rings (SSSR count). The molecule has 21 heavy (non-hydrogen) atoms.